The molecule has 7 nitrogen and oxygen atoms in total. The summed E-state index contributed by atoms with van der Waals surface area (Å²) in [6.07, 6.45) is 42.0. The smallest absolute Gasteiger partial charge is 0.326 e. The Morgan fingerprint density at radius 2 is 1.16 bits per heavy atom. The van der Waals surface area contributed by atoms with Crippen molar-refractivity contribution in [3.63, 3.8) is 0 Å². The van der Waals surface area contributed by atoms with Crippen molar-refractivity contribution >= 4 is 17.8 Å². The van der Waals surface area contributed by atoms with Crippen molar-refractivity contribution in [3.8, 4) is 0 Å². The van der Waals surface area contributed by atoms with E-state index in [1.807, 2.05) is 0 Å². The molecular formula is C42H76N2O5. The van der Waals surface area contributed by atoms with Crippen LogP contribution in [0.2, 0.25) is 0 Å². The lowest BCUT2D eigenvalue weighted by Gasteiger charge is -2.15. The van der Waals surface area contributed by atoms with Crippen molar-refractivity contribution in [2.24, 2.45) is 5.73 Å². The number of rotatable bonds is 36. The summed E-state index contributed by atoms with van der Waals surface area (Å²) in [5.41, 5.74) is 5.47. The number of carboxylic acid groups (broad SMARTS) is 1. The van der Waals surface area contributed by atoms with E-state index in [-0.39, 0.29) is 18.0 Å². The normalized spacial score (nSPS) is 13.0. The Hall–Kier alpha value is -2.41. The zero-order valence-electron chi connectivity index (χ0n) is 31.8. The molecule has 0 saturated carbocycles. The predicted octanol–water partition coefficient (Wildman–Crippen LogP) is 11.1. The maximum atomic E-state index is 12.7. The monoisotopic (exact) mass is 689 g/mol. The number of nitrogens with one attached hydrogen (secondary N) is 1. The zero-order chi connectivity index (χ0) is 36.0. The molecule has 0 aliphatic rings. The summed E-state index contributed by atoms with van der Waals surface area (Å²) < 4.78 is 5.94. The van der Waals surface area contributed by atoms with Crippen LogP contribution >= 0.6 is 0 Å². The molecule has 2 unspecified atom stereocenters. The van der Waals surface area contributed by atoms with Gasteiger partial charge in [0.2, 0.25) is 5.91 Å². The molecule has 1 amide bonds. The fourth-order valence-corrected chi connectivity index (χ4v) is 5.81. The Kier molecular flexibility index (Phi) is 35.0. The Bertz CT molecular complexity index is 869. The van der Waals surface area contributed by atoms with Gasteiger partial charge in [-0.05, 0) is 89.7 Å². The minimum absolute atomic E-state index is 0.0731. The molecule has 4 N–H and O–H groups in total. The van der Waals surface area contributed by atoms with Crippen LogP contribution in [0, 0.1) is 0 Å². The summed E-state index contributed by atoms with van der Waals surface area (Å²) in [4.78, 5) is 36.2. The number of hydrogen-bond acceptors (Lipinski definition) is 5. The van der Waals surface area contributed by atoms with Gasteiger partial charge in [0.05, 0.1) is 0 Å². The maximum Gasteiger partial charge on any atom is 0.326 e. The molecule has 0 radical (unpaired) electrons. The highest BCUT2D eigenvalue weighted by Crippen LogP contribution is 2.16. The molecule has 0 fully saturated rings. The average molecular weight is 689 g/mol. The average Bonchev–Trinajstić information content (AvgIpc) is 3.08. The van der Waals surface area contributed by atoms with Gasteiger partial charge in [0, 0.05) is 12.8 Å². The number of carbonyl (C=O) groups is 3. The summed E-state index contributed by atoms with van der Waals surface area (Å²) in [5.74, 6) is -1.28. The number of allylic oxidation sites excluding steroid dienone is 5. The van der Waals surface area contributed by atoms with Crippen molar-refractivity contribution in [1.29, 1.82) is 0 Å². The van der Waals surface area contributed by atoms with E-state index in [2.05, 4.69) is 55.6 Å². The third kappa shape index (κ3) is 33.8. The van der Waals surface area contributed by atoms with Crippen LogP contribution < -0.4 is 11.1 Å². The molecule has 0 aliphatic heterocycles. The number of hydrogen-bond donors (Lipinski definition) is 3. The Balaban J connectivity index is 4.33. The van der Waals surface area contributed by atoms with Crippen LogP contribution in [0.25, 0.3) is 0 Å². The number of carbonyl (C=O) groups excluding carboxylic acids is 2. The van der Waals surface area contributed by atoms with Crippen LogP contribution in [0.4, 0.5) is 0 Å². The quantitative estimate of drug-likeness (QED) is 0.0342. The molecule has 49 heavy (non-hydrogen) atoms. The number of aliphatic carboxylic acids is 1. The Morgan fingerprint density at radius 3 is 1.78 bits per heavy atom. The first kappa shape index (κ1) is 46.6. The molecule has 0 heterocycles. The van der Waals surface area contributed by atoms with E-state index in [0.29, 0.717) is 32.2 Å². The second-order valence-corrected chi connectivity index (χ2v) is 13.7. The molecule has 7 heteroatoms. The summed E-state index contributed by atoms with van der Waals surface area (Å²) in [6.45, 7) is 4.86. The molecule has 0 spiro atoms. The van der Waals surface area contributed by atoms with Gasteiger partial charge in [-0.3, -0.25) is 9.59 Å². The largest absolute Gasteiger partial charge is 0.480 e. The molecule has 284 valence electrons. The van der Waals surface area contributed by atoms with Crippen LogP contribution in [-0.4, -0.2) is 41.6 Å². The van der Waals surface area contributed by atoms with Crippen LogP contribution in [0.1, 0.15) is 194 Å². The Labute approximate surface area is 301 Å². The van der Waals surface area contributed by atoms with Gasteiger partial charge >= 0.3 is 11.9 Å². The molecule has 0 saturated heterocycles. The Morgan fingerprint density at radius 1 is 0.612 bits per heavy atom. The molecule has 0 bridgehead atoms. The first-order valence-corrected chi connectivity index (χ1v) is 20.3. The SMILES string of the molecule is CCC/C=C\C/C=C\CCCCCCCC(=O)OC(/C=C\CCCCCCCCC)CCCCCCCCC(=O)NC(CCCN)C(=O)O. The number of unbranched alkanes of at least 4 members (excludes halogenated alkanes) is 18. The van der Waals surface area contributed by atoms with Crippen LogP contribution in [0.15, 0.2) is 36.5 Å². The molecule has 2 atom stereocenters. The lowest BCUT2D eigenvalue weighted by molar-refractivity contribution is -0.147. The molecular weight excluding hydrogens is 612 g/mol. The van der Waals surface area contributed by atoms with Crippen molar-refractivity contribution in [1.82, 2.24) is 5.32 Å². The van der Waals surface area contributed by atoms with Crippen molar-refractivity contribution in [3.05, 3.63) is 36.5 Å². The lowest BCUT2D eigenvalue weighted by atomic mass is 10.0. The van der Waals surface area contributed by atoms with E-state index in [9.17, 15) is 19.5 Å². The predicted molar refractivity (Wildman–Crippen MR) is 207 cm³/mol. The van der Waals surface area contributed by atoms with E-state index in [0.717, 1.165) is 77.0 Å². The second kappa shape index (κ2) is 36.9. The van der Waals surface area contributed by atoms with E-state index < -0.39 is 12.0 Å². The number of esters is 1. The first-order chi connectivity index (χ1) is 23.9. The molecule has 0 rings (SSSR count). The molecule has 0 aromatic carbocycles. The number of carboxylic acids is 1. The molecule has 0 aliphatic carbocycles. The highest BCUT2D eigenvalue weighted by Gasteiger charge is 2.18. The number of amides is 1. The van der Waals surface area contributed by atoms with Crippen LogP contribution in [-0.2, 0) is 19.1 Å². The minimum atomic E-state index is -1.01. The fraction of sp³-hybridized carbons (Fsp3) is 0.786. The molecule has 0 aromatic rings. The first-order valence-electron chi connectivity index (χ1n) is 20.3. The van der Waals surface area contributed by atoms with Crippen LogP contribution in [0.3, 0.4) is 0 Å². The fourth-order valence-electron chi connectivity index (χ4n) is 5.81. The summed E-state index contributed by atoms with van der Waals surface area (Å²) in [5, 5.41) is 11.9. The van der Waals surface area contributed by atoms with E-state index in [1.165, 1.54) is 77.0 Å². The topological polar surface area (TPSA) is 119 Å². The van der Waals surface area contributed by atoms with Crippen molar-refractivity contribution < 1.29 is 24.2 Å². The highest BCUT2D eigenvalue weighted by molar-refractivity contribution is 5.83. The number of nitrogens with two attached hydrogens (primary N) is 1. The zero-order valence-corrected chi connectivity index (χ0v) is 31.8. The highest BCUT2D eigenvalue weighted by atomic mass is 16.5. The van der Waals surface area contributed by atoms with Gasteiger partial charge in [0.25, 0.3) is 0 Å². The third-order valence-electron chi connectivity index (χ3n) is 8.89. The van der Waals surface area contributed by atoms with Gasteiger partial charge in [-0.25, -0.2) is 4.79 Å². The second-order valence-electron chi connectivity index (χ2n) is 13.7. The van der Waals surface area contributed by atoms with E-state index in [1.54, 1.807) is 0 Å². The van der Waals surface area contributed by atoms with Crippen molar-refractivity contribution in [2.75, 3.05) is 6.54 Å². The molecule has 0 aromatic heterocycles. The van der Waals surface area contributed by atoms with Crippen molar-refractivity contribution in [2.45, 2.75) is 206 Å². The van der Waals surface area contributed by atoms with Gasteiger partial charge in [-0.2, -0.15) is 0 Å². The van der Waals surface area contributed by atoms with Gasteiger partial charge in [-0.1, -0.05) is 134 Å². The number of ether oxygens (including phenoxy) is 1. The van der Waals surface area contributed by atoms with E-state index in [4.69, 9.17) is 10.5 Å². The maximum absolute atomic E-state index is 12.7. The van der Waals surface area contributed by atoms with E-state index >= 15 is 0 Å². The summed E-state index contributed by atoms with van der Waals surface area (Å²) in [6, 6.07) is -0.853. The third-order valence-corrected chi connectivity index (χ3v) is 8.89. The van der Waals surface area contributed by atoms with Gasteiger partial charge in [-0.15, -0.1) is 0 Å². The van der Waals surface area contributed by atoms with Gasteiger partial charge in [0.1, 0.15) is 12.1 Å². The summed E-state index contributed by atoms with van der Waals surface area (Å²) >= 11 is 0. The van der Waals surface area contributed by atoms with Gasteiger partial charge < -0.3 is 20.9 Å². The lowest BCUT2D eigenvalue weighted by Crippen LogP contribution is -2.40. The minimum Gasteiger partial charge on any atom is -0.480 e. The summed E-state index contributed by atoms with van der Waals surface area (Å²) in [7, 11) is 0. The van der Waals surface area contributed by atoms with Crippen LogP contribution in [0.5, 0.6) is 0 Å². The standard InChI is InChI=1S/C42H76N2O5/c1-3-5-7-9-11-13-14-15-16-18-20-26-30-36-41(46)49-38(32-27-23-19-17-12-10-8-6-4-2)33-28-24-21-22-25-29-35-40(45)44-39(42(47)48)34-31-37-43/h7,9,13-14,27,32,38-39H,3-6,8,10-12,15-26,28-31,33-37,43H2,1-2H3,(H,44,45)(H,47,48)/b9-7-,14-13-,32-27-. The van der Waals surface area contributed by atoms with Gasteiger partial charge in [0.15, 0.2) is 0 Å².